The second kappa shape index (κ2) is 8.85. The van der Waals surface area contributed by atoms with Crippen LogP contribution in [0.3, 0.4) is 0 Å². The van der Waals surface area contributed by atoms with Gasteiger partial charge in [0.25, 0.3) is 15.9 Å². The van der Waals surface area contributed by atoms with E-state index in [1.54, 1.807) is 29.2 Å². The number of nitrogens with zero attached hydrogens (tertiary/aromatic N) is 1. The van der Waals surface area contributed by atoms with Crippen molar-refractivity contribution in [3.05, 3.63) is 54.1 Å². The van der Waals surface area contributed by atoms with Crippen LogP contribution in [0.5, 0.6) is 0 Å². The maximum atomic E-state index is 13.1. The molecular weight excluding hydrogens is 406 g/mol. The summed E-state index contributed by atoms with van der Waals surface area (Å²) >= 11 is 0. The fourth-order valence-electron chi connectivity index (χ4n) is 3.40. The van der Waals surface area contributed by atoms with E-state index in [-0.39, 0.29) is 40.2 Å². The van der Waals surface area contributed by atoms with Crippen molar-refractivity contribution in [2.45, 2.75) is 37.9 Å². The minimum absolute atomic E-state index is 0.0208. The van der Waals surface area contributed by atoms with Crippen molar-refractivity contribution in [3.63, 3.8) is 0 Å². The highest BCUT2D eigenvalue weighted by Crippen LogP contribution is 2.24. The van der Waals surface area contributed by atoms with Gasteiger partial charge < -0.3 is 15.0 Å². The lowest BCUT2D eigenvalue weighted by molar-refractivity contribution is -0.114. The van der Waals surface area contributed by atoms with E-state index in [4.69, 9.17) is 4.74 Å². The van der Waals surface area contributed by atoms with E-state index < -0.39 is 10.0 Å². The molecule has 0 radical (unpaired) electrons. The number of hydrogen-bond donors (Lipinski definition) is 2. The predicted octanol–water partition coefficient (Wildman–Crippen LogP) is 2.70. The zero-order chi connectivity index (χ0) is 21.9. The van der Waals surface area contributed by atoms with E-state index in [1.807, 2.05) is 13.8 Å². The van der Waals surface area contributed by atoms with Crippen molar-refractivity contribution in [3.8, 4) is 0 Å². The molecule has 9 heteroatoms. The van der Waals surface area contributed by atoms with Gasteiger partial charge in [-0.1, -0.05) is 12.1 Å². The largest absolute Gasteiger partial charge is 0.372 e. The first kappa shape index (κ1) is 21.8. The van der Waals surface area contributed by atoms with E-state index in [2.05, 4.69) is 10.0 Å². The van der Waals surface area contributed by atoms with Crippen molar-refractivity contribution in [1.82, 2.24) is 4.90 Å². The minimum Gasteiger partial charge on any atom is -0.372 e. The second-order valence-electron chi connectivity index (χ2n) is 7.32. The number of carbonyl (C=O) groups is 2. The first-order valence-corrected chi connectivity index (χ1v) is 11.1. The molecule has 1 heterocycles. The molecule has 1 aliphatic heterocycles. The Morgan fingerprint density at radius 3 is 2.20 bits per heavy atom. The molecule has 2 N–H and O–H groups in total. The summed E-state index contributed by atoms with van der Waals surface area (Å²) in [6.45, 7) is 6.05. The zero-order valence-corrected chi connectivity index (χ0v) is 17.9. The van der Waals surface area contributed by atoms with Crippen LogP contribution in [0.25, 0.3) is 0 Å². The molecular formula is C21H25N3O5S. The molecule has 0 aromatic heterocycles. The number of hydrogen-bond acceptors (Lipinski definition) is 5. The number of sulfonamides is 1. The fraction of sp³-hybridized carbons (Fsp3) is 0.333. The number of anilines is 2. The molecule has 2 aromatic carbocycles. The highest BCUT2D eigenvalue weighted by Gasteiger charge is 2.28. The fourth-order valence-corrected chi connectivity index (χ4v) is 4.48. The van der Waals surface area contributed by atoms with E-state index in [1.165, 1.54) is 31.2 Å². The third-order valence-corrected chi connectivity index (χ3v) is 5.98. The Kier molecular flexibility index (Phi) is 6.42. The first-order valence-electron chi connectivity index (χ1n) is 9.60. The van der Waals surface area contributed by atoms with Crippen LogP contribution in [0, 0.1) is 0 Å². The van der Waals surface area contributed by atoms with Crippen molar-refractivity contribution in [2.75, 3.05) is 23.1 Å². The van der Waals surface area contributed by atoms with E-state index in [0.717, 1.165) is 0 Å². The molecule has 1 saturated heterocycles. The smallest absolute Gasteiger partial charge is 0.261 e. The van der Waals surface area contributed by atoms with Crippen molar-refractivity contribution in [2.24, 2.45) is 0 Å². The van der Waals surface area contributed by atoms with E-state index >= 15 is 0 Å². The number of rotatable bonds is 5. The van der Waals surface area contributed by atoms with Gasteiger partial charge in [0, 0.05) is 25.7 Å². The van der Waals surface area contributed by atoms with Gasteiger partial charge in [0.1, 0.15) is 0 Å². The monoisotopic (exact) mass is 431 g/mol. The average molecular weight is 432 g/mol. The normalized spacial score (nSPS) is 19.2. The molecule has 0 unspecified atom stereocenters. The lowest BCUT2D eigenvalue weighted by atomic mass is 10.1. The van der Waals surface area contributed by atoms with Gasteiger partial charge in [0.05, 0.1) is 28.4 Å². The van der Waals surface area contributed by atoms with Crippen LogP contribution in [0.15, 0.2) is 53.4 Å². The van der Waals surface area contributed by atoms with Gasteiger partial charge in [-0.05, 0) is 50.2 Å². The first-order chi connectivity index (χ1) is 14.2. The number of amides is 2. The molecule has 0 aliphatic carbocycles. The highest BCUT2D eigenvalue weighted by atomic mass is 32.2. The maximum Gasteiger partial charge on any atom is 0.261 e. The van der Waals surface area contributed by atoms with Crippen LogP contribution in [0.2, 0.25) is 0 Å². The Labute approximate surface area is 176 Å². The number of morpholine rings is 1. The third-order valence-electron chi connectivity index (χ3n) is 4.59. The van der Waals surface area contributed by atoms with Crippen LogP contribution in [-0.2, 0) is 19.6 Å². The molecule has 1 fully saturated rings. The molecule has 0 spiro atoms. The molecule has 0 saturated carbocycles. The summed E-state index contributed by atoms with van der Waals surface area (Å²) in [7, 11) is -3.92. The summed E-state index contributed by atoms with van der Waals surface area (Å²) in [6, 6.07) is 12.3. The zero-order valence-electron chi connectivity index (χ0n) is 17.1. The van der Waals surface area contributed by atoms with Crippen LogP contribution in [0.4, 0.5) is 11.4 Å². The number of para-hydroxylation sites is 1. The van der Waals surface area contributed by atoms with Crippen molar-refractivity contribution in [1.29, 1.82) is 0 Å². The molecule has 160 valence electrons. The maximum absolute atomic E-state index is 13.1. The molecule has 3 rings (SSSR count). The van der Waals surface area contributed by atoms with Crippen molar-refractivity contribution < 1.29 is 22.7 Å². The summed E-state index contributed by atoms with van der Waals surface area (Å²) in [6.07, 6.45) is -0.188. The Morgan fingerprint density at radius 1 is 1.00 bits per heavy atom. The average Bonchev–Trinajstić information content (AvgIpc) is 2.67. The molecule has 30 heavy (non-hydrogen) atoms. The Morgan fingerprint density at radius 2 is 1.60 bits per heavy atom. The molecule has 1 aliphatic rings. The van der Waals surface area contributed by atoms with E-state index in [9.17, 15) is 18.0 Å². The van der Waals surface area contributed by atoms with Gasteiger partial charge in [0.15, 0.2) is 0 Å². The minimum atomic E-state index is -3.92. The topological polar surface area (TPSA) is 105 Å². The summed E-state index contributed by atoms with van der Waals surface area (Å²) in [5.41, 5.74) is 0.977. The van der Waals surface area contributed by atoms with Gasteiger partial charge in [-0.25, -0.2) is 8.42 Å². The van der Waals surface area contributed by atoms with Gasteiger partial charge in [0.2, 0.25) is 5.91 Å². The number of nitrogens with one attached hydrogen (secondary N) is 2. The van der Waals surface area contributed by atoms with Gasteiger partial charge >= 0.3 is 0 Å². The molecule has 8 nitrogen and oxygen atoms in total. The summed E-state index contributed by atoms with van der Waals surface area (Å²) in [4.78, 5) is 25.9. The molecule has 2 amide bonds. The number of benzene rings is 2. The van der Waals surface area contributed by atoms with Crippen LogP contribution in [-0.4, -0.2) is 50.4 Å². The third kappa shape index (κ3) is 5.17. The molecule has 2 atom stereocenters. The van der Waals surface area contributed by atoms with Gasteiger partial charge in [-0.15, -0.1) is 0 Å². The number of ether oxygens (including phenoxy) is 1. The van der Waals surface area contributed by atoms with E-state index in [0.29, 0.717) is 18.8 Å². The van der Waals surface area contributed by atoms with Crippen LogP contribution >= 0.6 is 0 Å². The van der Waals surface area contributed by atoms with Crippen LogP contribution < -0.4 is 10.0 Å². The number of carbonyl (C=O) groups excluding carboxylic acids is 2. The van der Waals surface area contributed by atoms with Gasteiger partial charge in [-0.2, -0.15) is 0 Å². The van der Waals surface area contributed by atoms with Crippen molar-refractivity contribution >= 4 is 33.2 Å². The lowest BCUT2D eigenvalue weighted by Crippen LogP contribution is -2.48. The Bertz CT molecular complexity index is 1030. The predicted molar refractivity (Wildman–Crippen MR) is 114 cm³/mol. The van der Waals surface area contributed by atoms with Gasteiger partial charge in [-0.3, -0.25) is 14.3 Å². The highest BCUT2D eigenvalue weighted by molar-refractivity contribution is 7.92. The molecule has 0 bridgehead atoms. The Hall–Kier alpha value is -2.91. The SMILES string of the molecule is CC(=O)Nc1ccc(S(=O)(=O)Nc2ccccc2C(=O)N2C[C@@H](C)O[C@@H](C)C2)cc1. The second-order valence-corrected chi connectivity index (χ2v) is 9.01. The summed E-state index contributed by atoms with van der Waals surface area (Å²) in [5, 5.41) is 2.59. The quantitative estimate of drug-likeness (QED) is 0.757. The lowest BCUT2D eigenvalue weighted by Gasteiger charge is -2.35. The van der Waals surface area contributed by atoms with Crippen LogP contribution in [0.1, 0.15) is 31.1 Å². The Balaban J connectivity index is 1.83. The molecule has 2 aromatic rings. The summed E-state index contributed by atoms with van der Waals surface area (Å²) in [5.74, 6) is -0.501. The summed E-state index contributed by atoms with van der Waals surface area (Å²) < 4.78 is 33.9. The standard InChI is InChI=1S/C21H25N3O5S/c1-14-12-24(13-15(2)29-14)21(26)19-6-4-5-7-20(19)23-30(27,28)18-10-8-17(9-11-18)22-16(3)25/h4-11,14-15,23H,12-13H2,1-3H3,(H,22,25)/t14-,15+.